The van der Waals surface area contributed by atoms with E-state index in [2.05, 4.69) is 48.3 Å². The summed E-state index contributed by atoms with van der Waals surface area (Å²) >= 11 is 0. The van der Waals surface area contributed by atoms with Gasteiger partial charge in [-0.05, 0) is 25.7 Å². The summed E-state index contributed by atoms with van der Waals surface area (Å²) in [6.45, 7) is 9.16. The first kappa shape index (κ1) is 15.7. The van der Waals surface area contributed by atoms with Crippen molar-refractivity contribution in [3.8, 4) is 0 Å². The first-order chi connectivity index (χ1) is 9.10. The molecule has 0 fully saturated rings. The lowest BCUT2D eigenvalue weighted by Crippen LogP contribution is -2.37. The average Bonchev–Trinajstić information content (AvgIpc) is 2.45. The Morgan fingerprint density at radius 3 is 2.32 bits per heavy atom. The molecule has 0 aromatic carbocycles. The molecule has 0 amide bonds. The number of anilines is 2. The average molecular weight is 268 g/mol. The zero-order valence-corrected chi connectivity index (χ0v) is 12.4. The molecule has 19 heavy (non-hydrogen) atoms. The van der Waals surface area contributed by atoms with Gasteiger partial charge in [0.15, 0.2) is 11.6 Å². The summed E-state index contributed by atoms with van der Waals surface area (Å²) in [7, 11) is 0. The van der Waals surface area contributed by atoms with E-state index >= 15 is 0 Å². The summed E-state index contributed by atoms with van der Waals surface area (Å²) in [4.78, 5) is 8.18. The minimum absolute atomic E-state index is 0.1000. The third-order valence-corrected chi connectivity index (χ3v) is 3.69. The molecule has 0 saturated carbocycles. The van der Waals surface area contributed by atoms with Gasteiger partial charge >= 0.3 is 0 Å². The Morgan fingerprint density at radius 2 is 1.79 bits per heavy atom. The number of halogens is 1. The minimum atomic E-state index is -0.401. The molecule has 0 aliphatic rings. The van der Waals surface area contributed by atoms with Crippen molar-refractivity contribution < 1.29 is 4.39 Å². The summed E-state index contributed by atoms with van der Waals surface area (Å²) in [5.41, 5.74) is -0.1000. The molecular weight excluding hydrogens is 243 g/mol. The largest absolute Gasteiger partial charge is 0.362 e. The SMILES string of the molecule is CCCNc1ncc(F)c(NC(CC)(CC)CC)n1. The lowest BCUT2D eigenvalue weighted by atomic mass is 9.90. The van der Waals surface area contributed by atoms with Gasteiger partial charge in [-0.1, -0.05) is 27.7 Å². The summed E-state index contributed by atoms with van der Waals surface area (Å²) in [6, 6.07) is 0. The maximum atomic E-state index is 13.8. The summed E-state index contributed by atoms with van der Waals surface area (Å²) < 4.78 is 13.8. The Morgan fingerprint density at radius 1 is 1.16 bits per heavy atom. The monoisotopic (exact) mass is 268 g/mol. The third-order valence-electron chi connectivity index (χ3n) is 3.69. The fourth-order valence-electron chi connectivity index (χ4n) is 2.04. The zero-order valence-electron chi connectivity index (χ0n) is 12.4. The molecule has 0 unspecified atom stereocenters. The Hall–Kier alpha value is -1.39. The van der Waals surface area contributed by atoms with Crippen molar-refractivity contribution in [2.24, 2.45) is 0 Å². The van der Waals surface area contributed by atoms with Gasteiger partial charge in [-0.2, -0.15) is 4.98 Å². The fourth-order valence-corrected chi connectivity index (χ4v) is 2.04. The lowest BCUT2D eigenvalue weighted by molar-refractivity contribution is 0.415. The highest BCUT2D eigenvalue weighted by molar-refractivity contribution is 5.43. The summed E-state index contributed by atoms with van der Waals surface area (Å²) in [5, 5.41) is 6.33. The number of nitrogens with zero attached hydrogens (tertiary/aromatic N) is 2. The highest BCUT2D eigenvalue weighted by atomic mass is 19.1. The van der Waals surface area contributed by atoms with Gasteiger partial charge < -0.3 is 10.6 Å². The normalized spacial score (nSPS) is 11.4. The van der Waals surface area contributed by atoms with Crippen LogP contribution in [0.15, 0.2) is 6.20 Å². The van der Waals surface area contributed by atoms with Crippen molar-refractivity contribution in [1.82, 2.24) is 9.97 Å². The molecule has 0 bridgehead atoms. The molecule has 0 radical (unpaired) electrons. The molecule has 1 aromatic rings. The topological polar surface area (TPSA) is 49.8 Å². The number of aromatic nitrogens is 2. The Labute approximate surface area is 115 Å². The second-order valence-electron chi connectivity index (χ2n) is 4.78. The molecule has 0 spiro atoms. The maximum Gasteiger partial charge on any atom is 0.224 e. The van der Waals surface area contributed by atoms with E-state index in [4.69, 9.17) is 0 Å². The van der Waals surface area contributed by atoms with E-state index < -0.39 is 5.82 Å². The van der Waals surface area contributed by atoms with Crippen LogP contribution in [0.1, 0.15) is 53.4 Å². The molecule has 5 heteroatoms. The molecule has 1 aromatic heterocycles. The molecule has 2 N–H and O–H groups in total. The van der Waals surface area contributed by atoms with Crippen LogP contribution in [0.3, 0.4) is 0 Å². The number of hydrogen-bond acceptors (Lipinski definition) is 4. The second-order valence-corrected chi connectivity index (χ2v) is 4.78. The molecule has 108 valence electrons. The van der Waals surface area contributed by atoms with Crippen molar-refractivity contribution in [1.29, 1.82) is 0 Å². The van der Waals surface area contributed by atoms with Gasteiger partial charge in [0, 0.05) is 12.1 Å². The van der Waals surface area contributed by atoms with Crippen molar-refractivity contribution in [2.75, 3.05) is 17.2 Å². The van der Waals surface area contributed by atoms with E-state index in [9.17, 15) is 4.39 Å². The third kappa shape index (κ3) is 4.04. The van der Waals surface area contributed by atoms with Crippen LogP contribution in [0.2, 0.25) is 0 Å². The Kier molecular flexibility index (Phi) is 5.99. The van der Waals surface area contributed by atoms with Crippen LogP contribution in [0.25, 0.3) is 0 Å². The quantitative estimate of drug-likeness (QED) is 0.752. The molecule has 4 nitrogen and oxygen atoms in total. The smallest absolute Gasteiger partial charge is 0.224 e. The van der Waals surface area contributed by atoms with Crippen LogP contribution in [0.4, 0.5) is 16.2 Å². The van der Waals surface area contributed by atoms with Crippen LogP contribution in [-0.2, 0) is 0 Å². The Bertz CT molecular complexity index is 383. The first-order valence-corrected chi connectivity index (χ1v) is 7.15. The number of rotatable bonds is 8. The van der Waals surface area contributed by atoms with Crippen molar-refractivity contribution in [3.63, 3.8) is 0 Å². The van der Waals surface area contributed by atoms with Gasteiger partial charge in [-0.25, -0.2) is 9.37 Å². The second kappa shape index (κ2) is 7.26. The highest BCUT2D eigenvalue weighted by Gasteiger charge is 2.25. The molecule has 0 saturated heterocycles. The maximum absolute atomic E-state index is 13.8. The van der Waals surface area contributed by atoms with Crippen LogP contribution in [-0.4, -0.2) is 22.1 Å². The van der Waals surface area contributed by atoms with E-state index in [1.54, 1.807) is 0 Å². The molecule has 1 rings (SSSR count). The minimum Gasteiger partial charge on any atom is -0.362 e. The predicted octanol–water partition coefficient (Wildman–Crippen LogP) is 3.82. The van der Waals surface area contributed by atoms with Crippen LogP contribution in [0, 0.1) is 5.82 Å². The van der Waals surface area contributed by atoms with Crippen molar-refractivity contribution in [2.45, 2.75) is 58.9 Å². The van der Waals surface area contributed by atoms with Gasteiger partial charge in [0.25, 0.3) is 0 Å². The molecule has 0 aliphatic heterocycles. The van der Waals surface area contributed by atoms with Crippen molar-refractivity contribution in [3.05, 3.63) is 12.0 Å². The zero-order chi connectivity index (χ0) is 14.3. The lowest BCUT2D eigenvalue weighted by Gasteiger charge is -2.32. The number of nitrogens with one attached hydrogen (secondary N) is 2. The molecule has 1 heterocycles. The van der Waals surface area contributed by atoms with Crippen molar-refractivity contribution >= 4 is 11.8 Å². The van der Waals surface area contributed by atoms with Crippen LogP contribution >= 0.6 is 0 Å². The summed E-state index contributed by atoms with van der Waals surface area (Å²) in [5.74, 6) is 0.365. The van der Waals surface area contributed by atoms with E-state index in [-0.39, 0.29) is 5.54 Å². The highest BCUT2D eigenvalue weighted by Crippen LogP contribution is 2.26. The van der Waals surface area contributed by atoms with Crippen LogP contribution in [0.5, 0.6) is 0 Å². The van der Waals surface area contributed by atoms with Gasteiger partial charge in [0.2, 0.25) is 5.95 Å². The standard InChI is InChI=1S/C14H25FN4/c1-5-9-16-13-17-10-11(15)12(18-13)19-14(6-2,7-3)8-4/h10H,5-9H2,1-4H3,(H2,16,17,18,19). The molecular formula is C14H25FN4. The summed E-state index contributed by atoms with van der Waals surface area (Å²) in [6.07, 6.45) is 4.99. The van der Waals surface area contributed by atoms with Gasteiger partial charge in [0.05, 0.1) is 6.20 Å². The van der Waals surface area contributed by atoms with Gasteiger partial charge in [0.1, 0.15) is 0 Å². The predicted molar refractivity (Wildman–Crippen MR) is 78.0 cm³/mol. The first-order valence-electron chi connectivity index (χ1n) is 7.15. The Balaban J connectivity index is 2.92. The fraction of sp³-hybridized carbons (Fsp3) is 0.714. The molecule has 0 aliphatic carbocycles. The van der Waals surface area contributed by atoms with E-state index in [1.807, 2.05) is 0 Å². The van der Waals surface area contributed by atoms with Gasteiger partial charge in [-0.15, -0.1) is 0 Å². The van der Waals surface area contributed by atoms with E-state index in [0.717, 1.165) is 32.2 Å². The van der Waals surface area contributed by atoms with Crippen LogP contribution < -0.4 is 10.6 Å². The van der Waals surface area contributed by atoms with E-state index in [0.29, 0.717) is 11.8 Å². The number of hydrogen-bond donors (Lipinski definition) is 2. The van der Waals surface area contributed by atoms with Gasteiger partial charge in [-0.3, -0.25) is 0 Å². The van der Waals surface area contributed by atoms with E-state index in [1.165, 1.54) is 6.20 Å². The molecule has 0 atom stereocenters.